The van der Waals surface area contributed by atoms with Gasteiger partial charge in [-0.15, -0.1) is 0 Å². The Bertz CT molecular complexity index is 623. The predicted molar refractivity (Wildman–Crippen MR) is 86.5 cm³/mol. The highest BCUT2D eigenvalue weighted by molar-refractivity contribution is 9.10. The number of halogens is 1. The molecule has 5 nitrogen and oxygen atoms in total. The van der Waals surface area contributed by atoms with Gasteiger partial charge in [-0.2, -0.15) is 0 Å². The lowest BCUT2D eigenvalue weighted by Crippen LogP contribution is -2.41. The highest BCUT2D eigenvalue weighted by Gasteiger charge is 2.11. The van der Waals surface area contributed by atoms with Gasteiger partial charge in [0.2, 0.25) is 5.91 Å². The van der Waals surface area contributed by atoms with Crippen LogP contribution in [0.15, 0.2) is 51.7 Å². The Morgan fingerprint density at radius 2 is 1.95 bits per heavy atom. The standard InChI is InChI=1S/C16H17BrN2O3/c1-11(8-12-2-4-14(17)5-3-12)19-15(20)9-18-16(21)13-6-7-22-10-13/h2-7,10-11H,8-9H2,1H3,(H,18,21)(H,19,20)/t11-/m1/s1. The van der Waals surface area contributed by atoms with Gasteiger partial charge in [-0.25, -0.2) is 0 Å². The second-order valence-corrected chi connectivity index (χ2v) is 5.91. The number of carbonyl (C=O) groups is 2. The molecule has 2 aromatic rings. The molecule has 1 heterocycles. The van der Waals surface area contributed by atoms with Crippen molar-refractivity contribution in [2.45, 2.75) is 19.4 Å². The minimum absolute atomic E-state index is 0.0143. The Hall–Kier alpha value is -2.08. The van der Waals surface area contributed by atoms with Gasteiger partial charge in [0.15, 0.2) is 0 Å². The fraction of sp³-hybridized carbons (Fsp3) is 0.250. The second-order valence-electron chi connectivity index (χ2n) is 4.99. The lowest BCUT2D eigenvalue weighted by atomic mass is 10.1. The highest BCUT2D eigenvalue weighted by Crippen LogP contribution is 2.11. The topological polar surface area (TPSA) is 71.3 Å². The Balaban J connectivity index is 1.74. The van der Waals surface area contributed by atoms with E-state index in [-0.39, 0.29) is 24.4 Å². The molecule has 6 heteroatoms. The molecule has 1 atom stereocenters. The molecule has 0 saturated carbocycles. The van der Waals surface area contributed by atoms with E-state index in [4.69, 9.17) is 4.42 Å². The summed E-state index contributed by atoms with van der Waals surface area (Å²) in [6, 6.07) is 9.48. The average Bonchev–Trinajstić information content (AvgIpc) is 3.01. The molecule has 1 aromatic carbocycles. The fourth-order valence-electron chi connectivity index (χ4n) is 2.01. The van der Waals surface area contributed by atoms with Gasteiger partial charge < -0.3 is 15.1 Å². The van der Waals surface area contributed by atoms with Crippen LogP contribution in [0.1, 0.15) is 22.8 Å². The number of carbonyl (C=O) groups excluding carboxylic acids is 2. The molecular weight excluding hydrogens is 348 g/mol. The van der Waals surface area contributed by atoms with Gasteiger partial charge in [-0.05, 0) is 37.1 Å². The molecule has 2 N–H and O–H groups in total. The van der Waals surface area contributed by atoms with Crippen molar-refractivity contribution in [1.82, 2.24) is 10.6 Å². The molecule has 116 valence electrons. The summed E-state index contributed by atoms with van der Waals surface area (Å²) in [5, 5.41) is 5.40. The van der Waals surface area contributed by atoms with Crippen molar-refractivity contribution in [2.24, 2.45) is 0 Å². The van der Waals surface area contributed by atoms with E-state index in [1.54, 1.807) is 6.07 Å². The molecule has 0 radical (unpaired) electrons. The normalized spacial score (nSPS) is 11.7. The van der Waals surface area contributed by atoms with E-state index in [2.05, 4.69) is 26.6 Å². The number of hydrogen-bond acceptors (Lipinski definition) is 3. The molecule has 0 aliphatic carbocycles. The molecule has 0 spiro atoms. The second kappa shape index (κ2) is 7.79. The molecule has 0 aliphatic rings. The van der Waals surface area contributed by atoms with Crippen LogP contribution < -0.4 is 10.6 Å². The molecule has 0 unspecified atom stereocenters. The van der Waals surface area contributed by atoms with Gasteiger partial charge in [-0.3, -0.25) is 9.59 Å². The smallest absolute Gasteiger partial charge is 0.254 e. The number of hydrogen-bond donors (Lipinski definition) is 2. The maximum atomic E-state index is 11.8. The highest BCUT2D eigenvalue weighted by atomic mass is 79.9. The summed E-state index contributed by atoms with van der Waals surface area (Å²) in [7, 11) is 0. The first-order valence-corrected chi connectivity index (χ1v) is 7.68. The fourth-order valence-corrected chi connectivity index (χ4v) is 2.27. The number of nitrogens with one attached hydrogen (secondary N) is 2. The van der Waals surface area contributed by atoms with Gasteiger partial charge in [-0.1, -0.05) is 28.1 Å². The monoisotopic (exact) mass is 364 g/mol. The first-order valence-electron chi connectivity index (χ1n) is 6.89. The summed E-state index contributed by atoms with van der Waals surface area (Å²) < 4.78 is 5.84. The Morgan fingerprint density at radius 1 is 1.23 bits per heavy atom. The quantitative estimate of drug-likeness (QED) is 0.827. The number of amides is 2. The summed E-state index contributed by atoms with van der Waals surface area (Å²) >= 11 is 3.39. The van der Waals surface area contributed by atoms with Crippen LogP contribution in [0.5, 0.6) is 0 Å². The van der Waals surface area contributed by atoms with Crippen LogP contribution >= 0.6 is 15.9 Å². The van der Waals surface area contributed by atoms with Gasteiger partial charge in [0.05, 0.1) is 18.4 Å². The molecule has 1 aromatic heterocycles. The summed E-state index contributed by atoms with van der Waals surface area (Å²) in [6.07, 6.45) is 3.48. The molecular formula is C16H17BrN2O3. The first kappa shape index (κ1) is 16.3. The number of rotatable bonds is 6. The van der Waals surface area contributed by atoms with E-state index in [9.17, 15) is 9.59 Å². The van der Waals surface area contributed by atoms with Crippen molar-refractivity contribution in [3.63, 3.8) is 0 Å². The SMILES string of the molecule is C[C@H](Cc1ccc(Br)cc1)NC(=O)CNC(=O)c1ccoc1. The van der Waals surface area contributed by atoms with Crippen LogP contribution in [0.25, 0.3) is 0 Å². The van der Waals surface area contributed by atoms with Crippen molar-refractivity contribution in [3.05, 3.63) is 58.5 Å². The molecule has 0 aliphatic heterocycles. The Morgan fingerprint density at radius 3 is 2.59 bits per heavy atom. The molecule has 0 fully saturated rings. The third kappa shape index (κ3) is 5.04. The van der Waals surface area contributed by atoms with Gasteiger partial charge in [0.25, 0.3) is 5.91 Å². The van der Waals surface area contributed by atoms with E-state index in [0.717, 1.165) is 16.5 Å². The van der Waals surface area contributed by atoms with Gasteiger partial charge in [0, 0.05) is 10.5 Å². The van der Waals surface area contributed by atoms with Crippen LogP contribution in [-0.2, 0) is 11.2 Å². The van der Waals surface area contributed by atoms with E-state index in [1.807, 2.05) is 31.2 Å². The average molecular weight is 365 g/mol. The lowest BCUT2D eigenvalue weighted by Gasteiger charge is -2.14. The molecule has 22 heavy (non-hydrogen) atoms. The van der Waals surface area contributed by atoms with E-state index in [0.29, 0.717) is 5.56 Å². The molecule has 0 saturated heterocycles. The first-order chi connectivity index (χ1) is 10.5. The van der Waals surface area contributed by atoms with Gasteiger partial charge in [0.1, 0.15) is 6.26 Å². The minimum Gasteiger partial charge on any atom is -0.472 e. The molecule has 2 rings (SSSR count). The summed E-state index contributed by atoms with van der Waals surface area (Å²) in [5.41, 5.74) is 1.54. The van der Waals surface area contributed by atoms with Crippen molar-refractivity contribution < 1.29 is 14.0 Å². The van der Waals surface area contributed by atoms with Crippen molar-refractivity contribution in [3.8, 4) is 0 Å². The van der Waals surface area contributed by atoms with Crippen LogP contribution in [-0.4, -0.2) is 24.4 Å². The molecule has 0 bridgehead atoms. The van der Waals surface area contributed by atoms with Crippen LogP contribution in [0.4, 0.5) is 0 Å². The maximum absolute atomic E-state index is 11.8. The lowest BCUT2D eigenvalue weighted by molar-refractivity contribution is -0.120. The third-order valence-corrected chi connectivity index (χ3v) is 3.58. The minimum atomic E-state index is -0.329. The predicted octanol–water partition coefficient (Wildman–Crippen LogP) is 2.52. The summed E-state index contributed by atoms with van der Waals surface area (Å²) in [6.45, 7) is 1.87. The van der Waals surface area contributed by atoms with E-state index in [1.165, 1.54) is 12.5 Å². The number of furan rings is 1. The summed E-state index contributed by atoms with van der Waals surface area (Å²) in [5.74, 6) is -0.550. The zero-order valence-corrected chi connectivity index (χ0v) is 13.7. The van der Waals surface area contributed by atoms with E-state index >= 15 is 0 Å². The number of benzene rings is 1. The van der Waals surface area contributed by atoms with Crippen molar-refractivity contribution in [2.75, 3.05) is 6.54 Å². The third-order valence-electron chi connectivity index (χ3n) is 3.06. The zero-order valence-electron chi connectivity index (χ0n) is 12.1. The zero-order chi connectivity index (χ0) is 15.9. The summed E-state index contributed by atoms with van der Waals surface area (Å²) in [4.78, 5) is 23.5. The maximum Gasteiger partial charge on any atom is 0.254 e. The Labute approximate surface area is 137 Å². The van der Waals surface area contributed by atoms with Crippen LogP contribution in [0, 0.1) is 0 Å². The Kier molecular flexibility index (Phi) is 5.77. The van der Waals surface area contributed by atoms with Crippen LogP contribution in [0.2, 0.25) is 0 Å². The van der Waals surface area contributed by atoms with Crippen molar-refractivity contribution >= 4 is 27.7 Å². The van der Waals surface area contributed by atoms with Crippen molar-refractivity contribution in [1.29, 1.82) is 0 Å². The van der Waals surface area contributed by atoms with Crippen LogP contribution in [0.3, 0.4) is 0 Å². The van der Waals surface area contributed by atoms with E-state index < -0.39 is 0 Å². The van der Waals surface area contributed by atoms with Gasteiger partial charge >= 0.3 is 0 Å². The largest absolute Gasteiger partial charge is 0.472 e. The molecule has 2 amide bonds.